The van der Waals surface area contributed by atoms with Gasteiger partial charge in [0.05, 0.1) is 13.2 Å². The van der Waals surface area contributed by atoms with Gasteiger partial charge in [-0.3, -0.25) is 0 Å². The minimum absolute atomic E-state index is 0.0441. The van der Waals surface area contributed by atoms with E-state index in [0.717, 1.165) is 0 Å². The third-order valence-corrected chi connectivity index (χ3v) is 2.03. The number of hydrogen-bond donors (Lipinski definition) is 1. The number of carbonyl (C=O) groups is 2. The highest BCUT2D eigenvalue weighted by Gasteiger charge is 2.19. The number of rotatable bonds is 4. The Kier molecular flexibility index (Phi) is 4.51. The molecule has 0 atom stereocenters. The summed E-state index contributed by atoms with van der Waals surface area (Å²) in [4.78, 5) is 22.9. The average Bonchev–Trinajstić information content (AvgIpc) is 2.29. The lowest BCUT2D eigenvalue weighted by molar-refractivity contribution is 0.0519. The van der Waals surface area contributed by atoms with Gasteiger partial charge in [0.25, 0.3) is 0 Å². The van der Waals surface area contributed by atoms with E-state index in [9.17, 15) is 14.7 Å². The van der Waals surface area contributed by atoms with Crippen molar-refractivity contribution < 1.29 is 24.2 Å². The van der Waals surface area contributed by atoms with Crippen LogP contribution in [0.25, 0.3) is 0 Å². The standard InChI is InChI=1S/C12H14O5/c1-3-16-11(14)8-6-5-7-9(10(8)13)12(15)17-4-2/h5-7,13H,3-4H2,1-2H3. The highest BCUT2D eigenvalue weighted by molar-refractivity contribution is 5.99. The number of hydrogen-bond acceptors (Lipinski definition) is 5. The van der Waals surface area contributed by atoms with Gasteiger partial charge in [0.1, 0.15) is 16.9 Å². The molecule has 0 saturated carbocycles. The predicted octanol–water partition coefficient (Wildman–Crippen LogP) is 1.75. The number of phenolic OH excluding ortho intramolecular Hbond substituents is 1. The van der Waals surface area contributed by atoms with E-state index in [1.165, 1.54) is 18.2 Å². The van der Waals surface area contributed by atoms with Crippen molar-refractivity contribution in [3.05, 3.63) is 29.3 Å². The van der Waals surface area contributed by atoms with Gasteiger partial charge in [-0.2, -0.15) is 0 Å². The van der Waals surface area contributed by atoms with Gasteiger partial charge >= 0.3 is 11.9 Å². The topological polar surface area (TPSA) is 72.8 Å². The van der Waals surface area contributed by atoms with Crippen molar-refractivity contribution in [2.24, 2.45) is 0 Å². The van der Waals surface area contributed by atoms with Crippen LogP contribution in [0.3, 0.4) is 0 Å². The Morgan fingerprint density at radius 2 is 1.47 bits per heavy atom. The second-order valence-electron chi connectivity index (χ2n) is 3.14. The summed E-state index contributed by atoms with van der Waals surface area (Å²) in [5.41, 5.74) is -0.0881. The fourth-order valence-corrected chi connectivity index (χ4v) is 1.29. The molecule has 1 aromatic rings. The summed E-state index contributed by atoms with van der Waals surface area (Å²) in [7, 11) is 0. The predicted molar refractivity (Wildman–Crippen MR) is 60.0 cm³/mol. The normalized spacial score (nSPS) is 9.76. The van der Waals surface area contributed by atoms with Gasteiger partial charge in [-0.05, 0) is 26.0 Å². The van der Waals surface area contributed by atoms with Gasteiger partial charge in [0.15, 0.2) is 0 Å². The second kappa shape index (κ2) is 5.89. The highest BCUT2D eigenvalue weighted by atomic mass is 16.5. The summed E-state index contributed by atoms with van der Waals surface area (Å²) in [6.07, 6.45) is 0. The summed E-state index contributed by atoms with van der Waals surface area (Å²) >= 11 is 0. The zero-order chi connectivity index (χ0) is 12.8. The van der Waals surface area contributed by atoms with E-state index in [0.29, 0.717) is 0 Å². The van der Waals surface area contributed by atoms with Crippen molar-refractivity contribution in [2.45, 2.75) is 13.8 Å². The number of phenols is 1. The van der Waals surface area contributed by atoms with Crippen LogP contribution in [0.5, 0.6) is 5.75 Å². The summed E-state index contributed by atoms with van der Waals surface area (Å²) in [6.45, 7) is 3.71. The minimum Gasteiger partial charge on any atom is -0.506 e. The van der Waals surface area contributed by atoms with E-state index in [1.807, 2.05) is 0 Å². The zero-order valence-corrected chi connectivity index (χ0v) is 9.73. The fourth-order valence-electron chi connectivity index (χ4n) is 1.29. The van der Waals surface area contributed by atoms with Gasteiger partial charge in [-0.1, -0.05) is 6.07 Å². The minimum atomic E-state index is -0.670. The number of esters is 2. The van der Waals surface area contributed by atoms with Crippen LogP contribution >= 0.6 is 0 Å². The maximum absolute atomic E-state index is 11.5. The van der Waals surface area contributed by atoms with Crippen molar-refractivity contribution in [1.29, 1.82) is 0 Å². The molecule has 0 aliphatic heterocycles. The SMILES string of the molecule is CCOC(=O)c1cccc(C(=O)OCC)c1O. The molecule has 0 fully saturated rings. The summed E-state index contributed by atoms with van der Waals surface area (Å²) in [5.74, 6) is -1.75. The van der Waals surface area contributed by atoms with Crippen molar-refractivity contribution in [3.63, 3.8) is 0 Å². The summed E-state index contributed by atoms with van der Waals surface area (Å²) in [6, 6.07) is 4.25. The first-order valence-electron chi connectivity index (χ1n) is 5.28. The van der Waals surface area contributed by atoms with Crippen molar-refractivity contribution in [3.8, 4) is 5.75 Å². The summed E-state index contributed by atoms with van der Waals surface area (Å²) < 4.78 is 9.50. The van der Waals surface area contributed by atoms with E-state index in [1.54, 1.807) is 13.8 Å². The molecule has 17 heavy (non-hydrogen) atoms. The lowest BCUT2D eigenvalue weighted by Crippen LogP contribution is -2.09. The highest BCUT2D eigenvalue weighted by Crippen LogP contribution is 2.23. The summed E-state index contributed by atoms with van der Waals surface area (Å²) in [5, 5.41) is 9.78. The van der Waals surface area contributed by atoms with Crippen molar-refractivity contribution >= 4 is 11.9 Å². The zero-order valence-electron chi connectivity index (χ0n) is 9.73. The molecular weight excluding hydrogens is 224 g/mol. The quantitative estimate of drug-likeness (QED) is 0.809. The molecular formula is C12H14O5. The van der Waals surface area contributed by atoms with Gasteiger partial charge in [0, 0.05) is 0 Å². The van der Waals surface area contributed by atoms with Gasteiger partial charge < -0.3 is 14.6 Å². The molecule has 1 N–H and O–H groups in total. The number of ether oxygens (including phenoxy) is 2. The van der Waals surface area contributed by atoms with Crippen LogP contribution in [-0.4, -0.2) is 30.3 Å². The van der Waals surface area contributed by atoms with Crippen LogP contribution < -0.4 is 0 Å². The molecule has 0 heterocycles. The molecule has 0 unspecified atom stereocenters. The maximum atomic E-state index is 11.5. The van der Waals surface area contributed by atoms with E-state index in [4.69, 9.17) is 9.47 Å². The lowest BCUT2D eigenvalue weighted by atomic mass is 10.1. The van der Waals surface area contributed by atoms with Crippen LogP contribution in [0.4, 0.5) is 0 Å². The Bertz CT molecular complexity index is 389. The van der Waals surface area contributed by atoms with Crippen LogP contribution in [0.2, 0.25) is 0 Å². The van der Waals surface area contributed by atoms with E-state index >= 15 is 0 Å². The molecule has 0 spiro atoms. The number of benzene rings is 1. The Labute approximate surface area is 99.0 Å². The van der Waals surface area contributed by atoms with Crippen LogP contribution in [0.1, 0.15) is 34.6 Å². The molecule has 1 aromatic carbocycles. The first-order valence-corrected chi connectivity index (χ1v) is 5.28. The van der Waals surface area contributed by atoms with Crippen LogP contribution in [-0.2, 0) is 9.47 Å². The average molecular weight is 238 g/mol. The third kappa shape index (κ3) is 2.96. The maximum Gasteiger partial charge on any atom is 0.341 e. The second-order valence-corrected chi connectivity index (χ2v) is 3.14. The van der Waals surface area contributed by atoms with Crippen LogP contribution in [0.15, 0.2) is 18.2 Å². The Morgan fingerprint density at radius 3 is 1.82 bits per heavy atom. The van der Waals surface area contributed by atoms with Gasteiger partial charge in [-0.15, -0.1) is 0 Å². The Hall–Kier alpha value is -2.04. The molecule has 5 nitrogen and oxygen atoms in total. The first kappa shape index (κ1) is 13.0. The van der Waals surface area contributed by atoms with Gasteiger partial charge in [-0.25, -0.2) is 9.59 Å². The van der Waals surface area contributed by atoms with Crippen LogP contribution in [0, 0.1) is 0 Å². The monoisotopic (exact) mass is 238 g/mol. The molecule has 0 aliphatic rings. The van der Waals surface area contributed by atoms with E-state index < -0.39 is 17.7 Å². The molecule has 0 radical (unpaired) electrons. The third-order valence-electron chi connectivity index (χ3n) is 2.03. The number of para-hydroxylation sites is 1. The molecule has 0 saturated heterocycles. The van der Waals surface area contributed by atoms with Crippen molar-refractivity contribution in [2.75, 3.05) is 13.2 Å². The molecule has 0 amide bonds. The molecule has 0 aliphatic carbocycles. The smallest absolute Gasteiger partial charge is 0.341 e. The van der Waals surface area contributed by atoms with Gasteiger partial charge in [0.2, 0.25) is 0 Å². The largest absolute Gasteiger partial charge is 0.506 e. The molecule has 92 valence electrons. The number of carbonyl (C=O) groups excluding carboxylic acids is 2. The molecule has 5 heteroatoms. The first-order chi connectivity index (χ1) is 8.11. The fraction of sp³-hybridized carbons (Fsp3) is 0.333. The molecule has 0 aromatic heterocycles. The van der Waals surface area contributed by atoms with Crippen molar-refractivity contribution in [1.82, 2.24) is 0 Å². The van der Waals surface area contributed by atoms with E-state index in [-0.39, 0.29) is 24.3 Å². The molecule has 1 rings (SSSR count). The van der Waals surface area contributed by atoms with E-state index in [2.05, 4.69) is 0 Å². The Balaban J connectivity index is 3.07. The molecule has 0 bridgehead atoms. The lowest BCUT2D eigenvalue weighted by Gasteiger charge is -2.08. The number of aromatic hydroxyl groups is 1. The Morgan fingerprint density at radius 1 is 1.06 bits per heavy atom.